The molecule has 2 amide bonds. The molecule has 0 heterocycles. The van der Waals surface area contributed by atoms with Gasteiger partial charge in [0.25, 0.3) is 10.0 Å². The average molecular weight is 512 g/mol. The maximum absolute atomic E-state index is 14.4. The van der Waals surface area contributed by atoms with Crippen molar-refractivity contribution in [2.45, 2.75) is 38.3 Å². The van der Waals surface area contributed by atoms with Gasteiger partial charge in [-0.05, 0) is 62.2 Å². The summed E-state index contributed by atoms with van der Waals surface area (Å²) < 4.78 is 42.8. The van der Waals surface area contributed by atoms with E-state index in [4.69, 9.17) is 0 Å². The third-order valence-electron chi connectivity index (χ3n) is 6.10. The second-order valence-electron chi connectivity index (χ2n) is 8.50. The summed E-state index contributed by atoms with van der Waals surface area (Å²) in [5, 5.41) is 2.50. The van der Waals surface area contributed by atoms with E-state index in [-0.39, 0.29) is 17.0 Å². The molecule has 0 aromatic heterocycles. The lowest BCUT2D eigenvalue weighted by molar-refractivity contribution is -0.139. The highest BCUT2D eigenvalue weighted by Crippen LogP contribution is 2.26. The van der Waals surface area contributed by atoms with Gasteiger partial charge in [0, 0.05) is 19.2 Å². The molecule has 0 saturated heterocycles. The lowest BCUT2D eigenvalue weighted by atomic mass is 10.1. The number of nitrogens with one attached hydrogen (secondary N) is 1. The summed E-state index contributed by atoms with van der Waals surface area (Å²) in [5.74, 6) is -1.63. The largest absolute Gasteiger partial charge is 0.357 e. The molecule has 0 spiro atoms. The Morgan fingerprint density at radius 1 is 0.944 bits per heavy atom. The van der Waals surface area contributed by atoms with Crippen molar-refractivity contribution in [2.75, 3.05) is 17.9 Å². The number of nitrogens with zero attached hydrogens (tertiary/aromatic N) is 2. The van der Waals surface area contributed by atoms with Gasteiger partial charge in [0.2, 0.25) is 11.8 Å². The van der Waals surface area contributed by atoms with Gasteiger partial charge in [-0.15, -0.1) is 0 Å². The molecule has 190 valence electrons. The highest BCUT2D eigenvalue weighted by Gasteiger charge is 2.32. The van der Waals surface area contributed by atoms with E-state index in [2.05, 4.69) is 5.32 Å². The molecule has 1 atom stereocenters. The van der Waals surface area contributed by atoms with Crippen LogP contribution in [-0.4, -0.2) is 44.8 Å². The molecule has 7 nitrogen and oxygen atoms in total. The van der Waals surface area contributed by atoms with Crippen LogP contribution in [0.2, 0.25) is 0 Å². The molecule has 0 saturated carbocycles. The number of halogens is 1. The number of hydrogen-bond acceptors (Lipinski definition) is 4. The monoisotopic (exact) mass is 511 g/mol. The Bertz CT molecular complexity index is 1350. The molecule has 0 aliphatic carbocycles. The van der Waals surface area contributed by atoms with Crippen molar-refractivity contribution in [1.29, 1.82) is 0 Å². The van der Waals surface area contributed by atoms with Crippen molar-refractivity contribution < 1.29 is 22.4 Å². The minimum Gasteiger partial charge on any atom is -0.357 e. The van der Waals surface area contributed by atoms with E-state index in [9.17, 15) is 22.4 Å². The summed E-state index contributed by atoms with van der Waals surface area (Å²) >= 11 is 0. The van der Waals surface area contributed by atoms with Gasteiger partial charge in [0.1, 0.15) is 18.4 Å². The second-order valence-corrected chi connectivity index (χ2v) is 10.4. The molecular formula is C27H30FN3O4S. The Balaban J connectivity index is 2.06. The molecule has 0 bridgehead atoms. The van der Waals surface area contributed by atoms with Gasteiger partial charge >= 0.3 is 0 Å². The lowest BCUT2D eigenvalue weighted by Gasteiger charge is -2.32. The fraction of sp³-hybridized carbons (Fsp3) is 0.259. The minimum atomic E-state index is -4.13. The minimum absolute atomic E-state index is 0.0241. The second kappa shape index (κ2) is 11.3. The molecule has 9 heteroatoms. The number of benzene rings is 3. The molecule has 0 fully saturated rings. The zero-order chi connectivity index (χ0) is 26.5. The summed E-state index contributed by atoms with van der Waals surface area (Å²) in [4.78, 5) is 27.3. The van der Waals surface area contributed by atoms with Crippen molar-refractivity contribution in [3.8, 4) is 0 Å². The third-order valence-corrected chi connectivity index (χ3v) is 7.89. The van der Waals surface area contributed by atoms with Crippen LogP contribution in [0, 0.1) is 19.7 Å². The van der Waals surface area contributed by atoms with E-state index in [0.29, 0.717) is 5.69 Å². The third kappa shape index (κ3) is 5.91. The van der Waals surface area contributed by atoms with E-state index >= 15 is 0 Å². The first kappa shape index (κ1) is 26.9. The first-order valence-electron chi connectivity index (χ1n) is 11.5. The molecular weight excluding hydrogens is 481 g/mol. The number of sulfonamides is 1. The number of likely N-dealkylation sites (N-methyl/N-ethyl adjacent to an activating group) is 1. The summed E-state index contributed by atoms with van der Waals surface area (Å²) in [6.45, 7) is 4.50. The molecule has 3 aromatic rings. The fourth-order valence-corrected chi connectivity index (χ4v) is 5.16. The molecule has 3 rings (SSSR count). The van der Waals surface area contributed by atoms with Gasteiger partial charge in [-0.25, -0.2) is 12.8 Å². The molecule has 1 N–H and O–H groups in total. The molecule has 0 aliphatic heterocycles. The van der Waals surface area contributed by atoms with E-state index in [1.54, 1.807) is 42.5 Å². The number of anilines is 1. The normalized spacial score (nSPS) is 12.0. The number of aryl methyl sites for hydroxylation is 2. The number of carbonyl (C=O) groups excluding carboxylic acids is 2. The summed E-state index contributed by atoms with van der Waals surface area (Å²) in [6.07, 6.45) is 0. The van der Waals surface area contributed by atoms with Crippen molar-refractivity contribution in [3.05, 3.63) is 95.3 Å². The first-order chi connectivity index (χ1) is 17.1. The van der Waals surface area contributed by atoms with Crippen LogP contribution in [0.1, 0.15) is 23.6 Å². The topological polar surface area (TPSA) is 86.8 Å². The van der Waals surface area contributed by atoms with Crippen LogP contribution in [0.25, 0.3) is 0 Å². The predicted molar refractivity (Wildman–Crippen MR) is 137 cm³/mol. The Kier molecular flexibility index (Phi) is 8.47. The van der Waals surface area contributed by atoms with E-state index < -0.39 is 40.2 Å². The highest BCUT2D eigenvalue weighted by molar-refractivity contribution is 7.92. The predicted octanol–water partition coefficient (Wildman–Crippen LogP) is 3.80. The van der Waals surface area contributed by atoms with Crippen LogP contribution in [0.3, 0.4) is 0 Å². The summed E-state index contributed by atoms with van der Waals surface area (Å²) in [5.41, 5.74) is 2.35. The van der Waals surface area contributed by atoms with Gasteiger partial charge in [-0.1, -0.05) is 42.5 Å². The number of hydrogen-bond donors (Lipinski definition) is 1. The Morgan fingerprint density at radius 2 is 1.58 bits per heavy atom. The van der Waals surface area contributed by atoms with E-state index in [1.807, 2.05) is 13.8 Å². The molecule has 0 radical (unpaired) electrons. The van der Waals surface area contributed by atoms with E-state index in [1.165, 1.54) is 49.2 Å². The van der Waals surface area contributed by atoms with Crippen molar-refractivity contribution in [1.82, 2.24) is 10.2 Å². The average Bonchev–Trinajstić information content (AvgIpc) is 2.87. The molecule has 0 unspecified atom stereocenters. The van der Waals surface area contributed by atoms with Crippen LogP contribution in [0.15, 0.2) is 77.7 Å². The molecule has 0 aliphatic rings. The van der Waals surface area contributed by atoms with E-state index in [0.717, 1.165) is 15.4 Å². The standard InChI is InChI=1S/C27H30FN3O4S/c1-19-14-15-23(16-20(19)2)31(36(34,35)24-11-6-5-7-12-24)18-26(32)30(21(3)27(33)29-4)17-22-10-8-9-13-25(22)28/h5-16,21H,17-18H2,1-4H3,(H,29,33)/t21-/m0/s1. The van der Waals surface area contributed by atoms with Gasteiger partial charge < -0.3 is 10.2 Å². The van der Waals surface area contributed by atoms with Gasteiger partial charge in [-0.2, -0.15) is 0 Å². The van der Waals surface area contributed by atoms with Crippen LogP contribution in [-0.2, 0) is 26.2 Å². The highest BCUT2D eigenvalue weighted by atomic mass is 32.2. The summed E-state index contributed by atoms with van der Waals surface area (Å²) in [7, 11) is -2.70. The van der Waals surface area contributed by atoms with Crippen LogP contribution in [0.4, 0.5) is 10.1 Å². The first-order valence-corrected chi connectivity index (χ1v) is 12.9. The van der Waals surface area contributed by atoms with Gasteiger partial charge in [-0.3, -0.25) is 13.9 Å². The SMILES string of the molecule is CNC(=O)[C@H](C)N(Cc1ccccc1F)C(=O)CN(c1ccc(C)c(C)c1)S(=O)(=O)c1ccccc1. The lowest BCUT2D eigenvalue weighted by Crippen LogP contribution is -2.50. The number of amides is 2. The van der Waals surface area contributed by atoms with Gasteiger partial charge in [0.05, 0.1) is 10.6 Å². The smallest absolute Gasteiger partial charge is 0.264 e. The van der Waals surface area contributed by atoms with Crippen molar-refractivity contribution >= 4 is 27.5 Å². The van der Waals surface area contributed by atoms with Crippen LogP contribution < -0.4 is 9.62 Å². The fourth-order valence-electron chi connectivity index (χ4n) is 3.73. The summed E-state index contributed by atoms with van der Waals surface area (Å²) in [6, 6.07) is 17.9. The number of carbonyl (C=O) groups is 2. The van der Waals surface area contributed by atoms with Crippen LogP contribution >= 0.6 is 0 Å². The Morgan fingerprint density at radius 3 is 2.19 bits per heavy atom. The zero-order valence-corrected chi connectivity index (χ0v) is 21.5. The van der Waals surface area contributed by atoms with Crippen molar-refractivity contribution in [3.63, 3.8) is 0 Å². The van der Waals surface area contributed by atoms with Crippen molar-refractivity contribution in [2.24, 2.45) is 0 Å². The maximum Gasteiger partial charge on any atom is 0.264 e. The maximum atomic E-state index is 14.4. The molecule has 36 heavy (non-hydrogen) atoms. The van der Waals surface area contributed by atoms with Gasteiger partial charge in [0.15, 0.2) is 0 Å². The quantitative estimate of drug-likeness (QED) is 0.474. The van der Waals surface area contributed by atoms with Crippen LogP contribution in [0.5, 0.6) is 0 Å². The Labute approximate surface area is 211 Å². The number of rotatable bonds is 9. The Hall–Kier alpha value is -3.72. The zero-order valence-electron chi connectivity index (χ0n) is 20.7. The molecule has 3 aromatic carbocycles.